The van der Waals surface area contributed by atoms with E-state index in [-0.39, 0.29) is 11.6 Å². The Hall–Kier alpha value is -2.77. The zero-order chi connectivity index (χ0) is 16.9. The number of benzene rings is 2. The van der Waals surface area contributed by atoms with Crippen LogP contribution in [0.4, 0.5) is 22.0 Å². The molecule has 2 aromatic rings. The van der Waals surface area contributed by atoms with Crippen LogP contribution >= 0.6 is 0 Å². The molecule has 0 fully saturated rings. The van der Waals surface area contributed by atoms with E-state index >= 15 is 0 Å². The highest BCUT2D eigenvalue weighted by atomic mass is 19.2. The van der Waals surface area contributed by atoms with Crippen molar-refractivity contribution in [3.8, 4) is 0 Å². The van der Waals surface area contributed by atoms with Gasteiger partial charge in [-0.15, -0.1) is 0 Å². The van der Waals surface area contributed by atoms with Gasteiger partial charge in [-0.2, -0.15) is 0 Å². The van der Waals surface area contributed by atoms with E-state index in [1.165, 1.54) is 24.3 Å². The second kappa shape index (κ2) is 7.30. The van der Waals surface area contributed by atoms with Crippen molar-refractivity contribution in [1.82, 2.24) is 0 Å². The predicted molar refractivity (Wildman–Crippen MR) is 65.0 cm³/mol. The van der Waals surface area contributed by atoms with Crippen molar-refractivity contribution in [3.63, 3.8) is 0 Å². The Morgan fingerprint density at radius 2 is 1.32 bits per heavy atom. The van der Waals surface area contributed by atoms with Gasteiger partial charge in [0.05, 0.1) is 5.56 Å². The summed E-state index contributed by atoms with van der Waals surface area (Å²) in [6.07, 6.45) is 0.672. The molecule has 0 spiro atoms. The first-order valence-corrected chi connectivity index (χ1v) is 5.55. The van der Waals surface area contributed by atoms with Gasteiger partial charge >= 0.3 is 5.97 Å². The zero-order valence-electron chi connectivity index (χ0n) is 10.6. The van der Waals surface area contributed by atoms with E-state index in [0.717, 1.165) is 0 Å². The molecule has 0 atom stereocenters. The largest absolute Gasteiger partial charge is 0.478 e. The Balaban J connectivity index is 0.000000220. The summed E-state index contributed by atoms with van der Waals surface area (Å²) in [4.78, 5) is 20.5. The predicted octanol–water partition coefficient (Wildman–Crippen LogP) is 3.58. The molecule has 2 aromatic carbocycles. The lowest BCUT2D eigenvalue weighted by atomic mass is 10.1. The lowest BCUT2D eigenvalue weighted by molar-refractivity contribution is 0.0696. The first-order valence-electron chi connectivity index (χ1n) is 5.55. The molecule has 0 bridgehead atoms. The molecule has 0 saturated heterocycles. The molecule has 0 unspecified atom stereocenters. The van der Waals surface area contributed by atoms with E-state index in [1.54, 1.807) is 0 Å². The number of carbonyl (C=O) groups excluding carboxylic acids is 1. The lowest BCUT2D eigenvalue weighted by Crippen LogP contribution is -1.98. The van der Waals surface area contributed by atoms with Crippen molar-refractivity contribution in [1.29, 1.82) is 0 Å². The molecule has 0 saturated carbocycles. The number of hydrogen-bond acceptors (Lipinski definition) is 2. The minimum atomic E-state index is -2.14. The van der Waals surface area contributed by atoms with Gasteiger partial charge in [0, 0.05) is 11.6 Å². The second-order valence-electron chi connectivity index (χ2n) is 3.83. The molecule has 8 heteroatoms. The van der Waals surface area contributed by atoms with Gasteiger partial charge in [0.1, 0.15) is 6.29 Å². The molecule has 116 valence electrons. The van der Waals surface area contributed by atoms with E-state index in [0.29, 0.717) is 11.8 Å². The van der Waals surface area contributed by atoms with Crippen LogP contribution in [-0.4, -0.2) is 17.4 Å². The van der Waals surface area contributed by atoms with Crippen molar-refractivity contribution in [2.45, 2.75) is 0 Å². The maximum atomic E-state index is 12.0. The average Bonchev–Trinajstić information content (AvgIpc) is 2.51. The van der Waals surface area contributed by atoms with E-state index < -0.39 is 35.1 Å². The van der Waals surface area contributed by atoms with Crippen molar-refractivity contribution in [2.24, 2.45) is 0 Å². The zero-order valence-corrected chi connectivity index (χ0v) is 10.6. The number of carboxylic acid groups (broad SMARTS) is 1. The van der Waals surface area contributed by atoms with Gasteiger partial charge in [-0.1, -0.05) is 12.1 Å². The maximum absolute atomic E-state index is 12.0. The third-order valence-electron chi connectivity index (χ3n) is 2.35. The molecular weight excluding hydrogens is 311 g/mol. The molecular formula is C14H7F5O3. The summed E-state index contributed by atoms with van der Waals surface area (Å²) < 4.78 is 60.0. The Kier molecular flexibility index (Phi) is 5.73. The Labute approximate surface area is 120 Å². The number of carboxylic acids is 1. The minimum absolute atomic E-state index is 0.0618. The molecule has 0 aromatic heterocycles. The van der Waals surface area contributed by atoms with Crippen LogP contribution in [0.1, 0.15) is 20.7 Å². The van der Waals surface area contributed by atoms with Gasteiger partial charge in [0.2, 0.25) is 5.82 Å². The number of aldehydes is 1. The molecule has 22 heavy (non-hydrogen) atoms. The lowest BCUT2D eigenvalue weighted by Gasteiger charge is -1.96. The van der Waals surface area contributed by atoms with E-state index in [2.05, 4.69) is 0 Å². The molecule has 0 radical (unpaired) electrons. The van der Waals surface area contributed by atoms with Crippen molar-refractivity contribution >= 4 is 12.3 Å². The summed E-state index contributed by atoms with van der Waals surface area (Å²) in [5.41, 5.74) is 0.672. The summed E-state index contributed by atoms with van der Waals surface area (Å²) in [7, 11) is 0. The molecule has 0 aliphatic heterocycles. The van der Waals surface area contributed by atoms with E-state index in [4.69, 9.17) is 5.11 Å². The average molecular weight is 318 g/mol. The summed E-state index contributed by atoms with van der Waals surface area (Å²) in [6.45, 7) is 0. The van der Waals surface area contributed by atoms with Gasteiger partial charge in [-0.25, -0.2) is 26.7 Å². The third kappa shape index (κ3) is 4.11. The summed E-state index contributed by atoms with van der Waals surface area (Å²) in [5, 5.41) is 8.46. The molecule has 3 nitrogen and oxygen atoms in total. The number of rotatable bonds is 2. The van der Waals surface area contributed by atoms with Crippen LogP contribution in [0.15, 0.2) is 30.3 Å². The molecule has 0 aliphatic carbocycles. The molecule has 0 amide bonds. The maximum Gasteiger partial charge on any atom is 0.335 e. The van der Waals surface area contributed by atoms with Crippen LogP contribution in [0, 0.1) is 29.1 Å². The molecule has 0 heterocycles. The number of carbonyl (C=O) groups is 2. The normalized spacial score (nSPS) is 9.68. The summed E-state index contributed by atoms with van der Waals surface area (Å²) in [6, 6.07) is 5.67. The highest BCUT2D eigenvalue weighted by molar-refractivity contribution is 5.88. The topological polar surface area (TPSA) is 54.4 Å². The SMILES string of the molecule is Fc1cc(F)c(F)c(F)c1F.O=Cc1ccc(C(=O)O)cc1. The van der Waals surface area contributed by atoms with Crippen LogP contribution in [-0.2, 0) is 0 Å². The monoisotopic (exact) mass is 318 g/mol. The fourth-order valence-corrected chi connectivity index (χ4v) is 1.25. The van der Waals surface area contributed by atoms with Crippen LogP contribution in [0.5, 0.6) is 0 Å². The fraction of sp³-hybridized carbons (Fsp3) is 0. The van der Waals surface area contributed by atoms with Gasteiger partial charge in [-0.05, 0) is 12.1 Å². The van der Waals surface area contributed by atoms with E-state index in [1.807, 2.05) is 0 Å². The van der Waals surface area contributed by atoms with E-state index in [9.17, 15) is 31.5 Å². The first kappa shape index (κ1) is 17.3. The highest BCUT2D eigenvalue weighted by Gasteiger charge is 2.18. The van der Waals surface area contributed by atoms with Crippen LogP contribution in [0.2, 0.25) is 0 Å². The Bertz CT molecular complexity index is 672. The highest BCUT2D eigenvalue weighted by Crippen LogP contribution is 2.16. The van der Waals surface area contributed by atoms with Gasteiger partial charge in [0.25, 0.3) is 0 Å². The van der Waals surface area contributed by atoms with Crippen LogP contribution in [0.3, 0.4) is 0 Å². The van der Waals surface area contributed by atoms with Crippen molar-refractivity contribution in [3.05, 3.63) is 70.5 Å². The molecule has 0 aliphatic rings. The second-order valence-corrected chi connectivity index (χ2v) is 3.83. The van der Waals surface area contributed by atoms with Crippen molar-refractivity contribution < 1.29 is 36.6 Å². The standard InChI is InChI=1S/C8H6O3.C6HF5/c9-5-6-1-3-7(4-2-6)8(10)11;7-2-1-3(8)5(10)6(11)4(2)9/h1-5H,(H,10,11);1H. The summed E-state index contributed by atoms with van der Waals surface area (Å²) >= 11 is 0. The van der Waals surface area contributed by atoms with Crippen LogP contribution < -0.4 is 0 Å². The smallest absolute Gasteiger partial charge is 0.335 e. The number of halogens is 5. The van der Waals surface area contributed by atoms with Crippen molar-refractivity contribution in [2.75, 3.05) is 0 Å². The third-order valence-corrected chi connectivity index (χ3v) is 2.35. The Morgan fingerprint density at radius 3 is 1.68 bits per heavy atom. The Morgan fingerprint density at radius 1 is 0.864 bits per heavy atom. The fourth-order valence-electron chi connectivity index (χ4n) is 1.25. The molecule has 1 N–H and O–H groups in total. The first-order chi connectivity index (χ1) is 10.3. The van der Waals surface area contributed by atoms with Gasteiger partial charge in [-0.3, -0.25) is 4.79 Å². The minimum Gasteiger partial charge on any atom is -0.478 e. The molecule has 2 rings (SSSR count). The van der Waals surface area contributed by atoms with Gasteiger partial charge < -0.3 is 5.11 Å². The summed E-state index contributed by atoms with van der Waals surface area (Å²) in [5.74, 6) is -10.6. The number of aromatic carboxylic acids is 1. The van der Waals surface area contributed by atoms with Gasteiger partial charge in [0.15, 0.2) is 23.3 Å². The quantitative estimate of drug-likeness (QED) is 0.398. The van der Waals surface area contributed by atoms with Crippen LogP contribution in [0.25, 0.3) is 0 Å². The number of hydrogen-bond donors (Lipinski definition) is 1.